The minimum absolute atomic E-state index is 0.397. The standard InChI is InChI=1S/C10H7BrF5NO2/c1-19-6(18)2-4-5(10(14,15)16)3-17-8(11)7(4)9(12)13/h3,9H,2H2,1H3. The van der Waals surface area contributed by atoms with Gasteiger partial charge in [-0.2, -0.15) is 13.2 Å². The van der Waals surface area contributed by atoms with Crippen molar-refractivity contribution in [1.82, 2.24) is 4.98 Å². The highest BCUT2D eigenvalue weighted by Crippen LogP contribution is 2.38. The number of nitrogens with zero attached hydrogens (tertiary/aromatic N) is 1. The number of ether oxygens (including phenoxy) is 1. The van der Waals surface area contributed by atoms with Crippen molar-refractivity contribution in [3.63, 3.8) is 0 Å². The average Bonchev–Trinajstić information content (AvgIpc) is 2.26. The van der Waals surface area contributed by atoms with Crippen LogP contribution in [-0.2, 0) is 22.1 Å². The van der Waals surface area contributed by atoms with Crippen molar-refractivity contribution in [3.05, 3.63) is 27.5 Å². The fourth-order valence-corrected chi connectivity index (χ4v) is 1.93. The van der Waals surface area contributed by atoms with E-state index in [0.717, 1.165) is 7.11 Å². The molecule has 0 fully saturated rings. The van der Waals surface area contributed by atoms with Crippen LogP contribution in [0.5, 0.6) is 0 Å². The second-order valence-electron chi connectivity index (χ2n) is 3.41. The summed E-state index contributed by atoms with van der Waals surface area (Å²) in [7, 11) is 0.952. The summed E-state index contributed by atoms with van der Waals surface area (Å²) in [4.78, 5) is 14.3. The Morgan fingerprint density at radius 1 is 1.47 bits per heavy atom. The first-order valence-electron chi connectivity index (χ1n) is 4.78. The smallest absolute Gasteiger partial charge is 0.418 e. The number of rotatable bonds is 3. The summed E-state index contributed by atoms with van der Waals surface area (Å²) in [5.41, 5.74) is -3.17. The zero-order chi connectivity index (χ0) is 14.8. The van der Waals surface area contributed by atoms with E-state index < -0.39 is 46.3 Å². The van der Waals surface area contributed by atoms with Gasteiger partial charge in [-0.05, 0) is 21.5 Å². The molecule has 1 rings (SSSR count). The van der Waals surface area contributed by atoms with Crippen molar-refractivity contribution >= 4 is 21.9 Å². The Labute approximate surface area is 112 Å². The fourth-order valence-electron chi connectivity index (χ4n) is 1.41. The molecule has 0 aliphatic carbocycles. The van der Waals surface area contributed by atoms with Crippen molar-refractivity contribution in [2.45, 2.75) is 19.0 Å². The van der Waals surface area contributed by atoms with E-state index in [1.54, 1.807) is 0 Å². The predicted molar refractivity (Wildman–Crippen MR) is 57.6 cm³/mol. The molecule has 3 nitrogen and oxygen atoms in total. The molecule has 0 radical (unpaired) electrons. The molecule has 1 heterocycles. The molecule has 0 atom stereocenters. The van der Waals surface area contributed by atoms with Gasteiger partial charge in [0.25, 0.3) is 6.43 Å². The number of hydrogen-bond acceptors (Lipinski definition) is 3. The number of carbonyl (C=O) groups excluding carboxylic acids is 1. The van der Waals surface area contributed by atoms with Gasteiger partial charge in [-0.25, -0.2) is 13.8 Å². The number of carbonyl (C=O) groups is 1. The van der Waals surface area contributed by atoms with Gasteiger partial charge in [-0.3, -0.25) is 4.79 Å². The van der Waals surface area contributed by atoms with Gasteiger partial charge in [0.1, 0.15) is 4.60 Å². The van der Waals surface area contributed by atoms with E-state index in [-0.39, 0.29) is 0 Å². The van der Waals surface area contributed by atoms with Gasteiger partial charge in [0.05, 0.1) is 24.7 Å². The second-order valence-corrected chi connectivity index (χ2v) is 4.16. The van der Waals surface area contributed by atoms with Crippen molar-refractivity contribution in [1.29, 1.82) is 0 Å². The third-order valence-electron chi connectivity index (χ3n) is 2.25. The largest absolute Gasteiger partial charge is 0.469 e. The molecule has 1 aromatic rings. The topological polar surface area (TPSA) is 39.2 Å². The molecule has 0 saturated heterocycles. The third kappa shape index (κ3) is 3.62. The molecule has 19 heavy (non-hydrogen) atoms. The highest BCUT2D eigenvalue weighted by Gasteiger charge is 2.37. The number of pyridine rings is 1. The lowest BCUT2D eigenvalue weighted by molar-refractivity contribution is -0.141. The van der Waals surface area contributed by atoms with Crippen LogP contribution in [0.4, 0.5) is 22.0 Å². The van der Waals surface area contributed by atoms with Crippen LogP contribution in [0.2, 0.25) is 0 Å². The minimum Gasteiger partial charge on any atom is -0.469 e. The lowest BCUT2D eigenvalue weighted by Gasteiger charge is -2.16. The van der Waals surface area contributed by atoms with Crippen LogP contribution in [-0.4, -0.2) is 18.1 Å². The Hall–Kier alpha value is -1.25. The highest BCUT2D eigenvalue weighted by atomic mass is 79.9. The molecule has 0 unspecified atom stereocenters. The van der Waals surface area contributed by atoms with E-state index in [2.05, 4.69) is 25.7 Å². The zero-order valence-electron chi connectivity index (χ0n) is 9.39. The van der Waals surface area contributed by atoms with Gasteiger partial charge in [0.15, 0.2) is 0 Å². The first-order valence-corrected chi connectivity index (χ1v) is 5.57. The molecular formula is C10H7BrF5NO2. The Kier molecular flexibility index (Phi) is 4.83. The summed E-state index contributed by atoms with van der Waals surface area (Å²) < 4.78 is 67.6. The van der Waals surface area contributed by atoms with Crippen LogP contribution in [0.1, 0.15) is 23.1 Å². The molecule has 9 heteroatoms. The van der Waals surface area contributed by atoms with E-state index in [9.17, 15) is 26.7 Å². The number of methoxy groups -OCH3 is 1. The van der Waals surface area contributed by atoms with Gasteiger partial charge < -0.3 is 4.74 Å². The maximum atomic E-state index is 12.8. The summed E-state index contributed by atoms with van der Waals surface area (Å²) in [5.74, 6) is -1.05. The first-order chi connectivity index (χ1) is 8.68. The zero-order valence-corrected chi connectivity index (χ0v) is 11.0. The van der Waals surface area contributed by atoms with Crippen molar-refractivity contribution in [2.24, 2.45) is 0 Å². The van der Waals surface area contributed by atoms with Crippen LogP contribution < -0.4 is 0 Å². The molecule has 0 spiro atoms. The quantitative estimate of drug-likeness (QED) is 0.477. The number of alkyl halides is 5. The summed E-state index contributed by atoms with van der Waals surface area (Å²) in [6.07, 6.45) is -8.61. The minimum atomic E-state index is -4.89. The molecule has 0 aliphatic heterocycles. The lowest BCUT2D eigenvalue weighted by atomic mass is 10.0. The van der Waals surface area contributed by atoms with Crippen LogP contribution in [0.25, 0.3) is 0 Å². The first kappa shape index (κ1) is 15.8. The molecule has 1 aromatic heterocycles. The summed E-state index contributed by atoms with van der Waals surface area (Å²) in [6, 6.07) is 0. The molecule has 0 aromatic carbocycles. The highest BCUT2D eigenvalue weighted by molar-refractivity contribution is 9.10. The molecule has 0 aliphatic rings. The number of aromatic nitrogens is 1. The molecule has 0 saturated carbocycles. The molecule has 0 amide bonds. The number of halogens is 6. The number of esters is 1. The lowest BCUT2D eigenvalue weighted by Crippen LogP contribution is -2.17. The Balaban J connectivity index is 3.49. The van der Waals surface area contributed by atoms with Crippen molar-refractivity contribution in [2.75, 3.05) is 7.11 Å². The van der Waals surface area contributed by atoms with E-state index in [0.29, 0.717) is 6.20 Å². The van der Waals surface area contributed by atoms with Gasteiger partial charge in [-0.1, -0.05) is 0 Å². The van der Waals surface area contributed by atoms with E-state index in [1.807, 2.05) is 0 Å². The van der Waals surface area contributed by atoms with Crippen LogP contribution in [0, 0.1) is 0 Å². The van der Waals surface area contributed by atoms with Gasteiger partial charge in [0.2, 0.25) is 0 Å². The Bertz CT molecular complexity index is 490. The normalized spacial score (nSPS) is 11.8. The van der Waals surface area contributed by atoms with Gasteiger partial charge in [0, 0.05) is 6.20 Å². The average molecular weight is 348 g/mol. The molecule has 106 valence electrons. The number of hydrogen-bond donors (Lipinski definition) is 0. The summed E-state index contributed by atoms with van der Waals surface area (Å²) in [6.45, 7) is 0. The monoisotopic (exact) mass is 347 g/mol. The predicted octanol–water partition coefficient (Wildman–Crippen LogP) is 3.52. The van der Waals surface area contributed by atoms with E-state index in [1.165, 1.54) is 0 Å². The molecule has 0 N–H and O–H groups in total. The Morgan fingerprint density at radius 3 is 2.47 bits per heavy atom. The Morgan fingerprint density at radius 2 is 2.05 bits per heavy atom. The fraction of sp³-hybridized carbons (Fsp3) is 0.400. The van der Waals surface area contributed by atoms with Gasteiger partial charge >= 0.3 is 12.1 Å². The van der Waals surface area contributed by atoms with E-state index >= 15 is 0 Å². The third-order valence-corrected chi connectivity index (χ3v) is 2.88. The maximum Gasteiger partial charge on any atom is 0.418 e. The SMILES string of the molecule is COC(=O)Cc1c(C(F)(F)F)cnc(Br)c1C(F)F. The summed E-state index contributed by atoms with van der Waals surface area (Å²) in [5, 5.41) is 0. The molecule has 0 bridgehead atoms. The van der Waals surface area contributed by atoms with E-state index in [4.69, 9.17) is 0 Å². The van der Waals surface area contributed by atoms with Crippen LogP contribution in [0.15, 0.2) is 10.8 Å². The second kappa shape index (κ2) is 5.81. The summed E-state index contributed by atoms with van der Waals surface area (Å²) >= 11 is 2.65. The van der Waals surface area contributed by atoms with Crippen molar-refractivity contribution < 1.29 is 31.5 Å². The maximum absolute atomic E-state index is 12.8. The molecular weight excluding hydrogens is 341 g/mol. The van der Waals surface area contributed by atoms with Crippen LogP contribution in [0.3, 0.4) is 0 Å². The van der Waals surface area contributed by atoms with Crippen molar-refractivity contribution in [3.8, 4) is 0 Å². The van der Waals surface area contributed by atoms with Crippen LogP contribution >= 0.6 is 15.9 Å². The van der Waals surface area contributed by atoms with Gasteiger partial charge in [-0.15, -0.1) is 0 Å².